The van der Waals surface area contributed by atoms with E-state index in [4.69, 9.17) is 0 Å². The Morgan fingerprint density at radius 2 is 1.56 bits per heavy atom. The molecule has 2 heteroatoms. The molecular weight excluding hydrogens is 314 g/mol. The average Bonchev–Trinajstić information content (AvgIpc) is 2.65. The predicted molar refractivity (Wildman–Crippen MR) is 101 cm³/mol. The summed E-state index contributed by atoms with van der Waals surface area (Å²) in [5, 5.41) is 0. The van der Waals surface area contributed by atoms with Gasteiger partial charge in [0.05, 0.1) is 0 Å². The topological polar surface area (TPSA) is 0 Å². The zero-order chi connectivity index (χ0) is 17.6. The van der Waals surface area contributed by atoms with Gasteiger partial charge in [-0.1, -0.05) is 55.8 Å². The molecule has 2 aromatic rings. The van der Waals surface area contributed by atoms with Crippen molar-refractivity contribution < 1.29 is 8.78 Å². The summed E-state index contributed by atoms with van der Waals surface area (Å²) < 4.78 is 26.5. The number of halogens is 2. The van der Waals surface area contributed by atoms with Crippen LogP contribution in [-0.4, -0.2) is 0 Å². The minimum Gasteiger partial charge on any atom is -0.204 e. The van der Waals surface area contributed by atoms with Crippen LogP contribution >= 0.6 is 0 Å². The van der Waals surface area contributed by atoms with E-state index in [9.17, 15) is 8.78 Å². The van der Waals surface area contributed by atoms with E-state index in [-0.39, 0.29) is 0 Å². The molecule has 1 aliphatic rings. The molecule has 0 unspecified atom stereocenters. The van der Waals surface area contributed by atoms with Crippen LogP contribution in [0.1, 0.15) is 56.9 Å². The van der Waals surface area contributed by atoms with Crippen molar-refractivity contribution in [3.63, 3.8) is 0 Å². The SMILES string of the molecule is CCC/C=C/C1CCC(c2ccc(-c3ccc(F)c(F)c3)cc2)CC1. The first-order valence-corrected chi connectivity index (χ1v) is 9.39. The van der Waals surface area contributed by atoms with Gasteiger partial charge < -0.3 is 0 Å². The Labute approximate surface area is 149 Å². The van der Waals surface area contributed by atoms with E-state index in [1.807, 2.05) is 12.1 Å². The second-order valence-corrected chi connectivity index (χ2v) is 7.08. The van der Waals surface area contributed by atoms with Gasteiger partial charge in [-0.2, -0.15) is 0 Å². The maximum absolute atomic E-state index is 13.4. The average molecular weight is 340 g/mol. The van der Waals surface area contributed by atoms with Crippen molar-refractivity contribution in [2.24, 2.45) is 5.92 Å². The van der Waals surface area contributed by atoms with Crippen LogP contribution in [0.2, 0.25) is 0 Å². The van der Waals surface area contributed by atoms with Gasteiger partial charge in [0.15, 0.2) is 11.6 Å². The van der Waals surface area contributed by atoms with Crippen molar-refractivity contribution in [2.45, 2.75) is 51.4 Å². The van der Waals surface area contributed by atoms with Crippen LogP contribution in [0.15, 0.2) is 54.6 Å². The minimum absolute atomic E-state index is 0.620. The van der Waals surface area contributed by atoms with Gasteiger partial charge in [0.25, 0.3) is 0 Å². The predicted octanol–water partition coefficient (Wildman–Crippen LogP) is 7.26. The van der Waals surface area contributed by atoms with Crippen molar-refractivity contribution in [1.82, 2.24) is 0 Å². The van der Waals surface area contributed by atoms with Gasteiger partial charge in [-0.05, 0) is 72.8 Å². The summed E-state index contributed by atoms with van der Waals surface area (Å²) >= 11 is 0. The minimum atomic E-state index is -0.801. The monoisotopic (exact) mass is 340 g/mol. The number of hydrogen-bond acceptors (Lipinski definition) is 0. The number of unbranched alkanes of at least 4 members (excludes halogenated alkanes) is 1. The third-order valence-corrected chi connectivity index (χ3v) is 5.27. The number of benzene rings is 2. The van der Waals surface area contributed by atoms with Crippen LogP contribution in [0.5, 0.6) is 0 Å². The van der Waals surface area contributed by atoms with Crippen LogP contribution in [0.4, 0.5) is 8.78 Å². The highest BCUT2D eigenvalue weighted by Crippen LogP contribution is 2.37. The highest BCUT2D eigenvalue weighted by molar-refractivity contribution is 5.63. The maximum atomic E-state index is 13.4. The smallest absolute Gasteiger partial charge is 0.159 e. The summed E-state index contributed by atoms with van der Waals surface area (Å²) in [6.45, 7) is 2.21. The van der Waals surface area contributed by atoms with Gasteiger partial charge in [0, 0.05) is 0 Å². The summed E-state index contributed by atoms with van der Waals surface area (Å²) in [5.41, 5.74) is 3.01. The second kappa shape index (κ2) is 8.42. The first-order valence-electron chi connectivity index (χ1n) is 9.39. The van der Waals surface area contributed by atoms with Gasteiger partial charge in [-0.3, -0.25) is 0 Å². The molecule has 0 N–H and O–H groups in total. The molecule has 1 saturated carbocycles. The van der Waals surface area contributed by atoms with Crippen molar-refractivity contribution in [3.8, 4) is 11.1 Å². The molecule has 0 bridgehead atoms. The number of rotatable bonds is 5. The standard InChI is InChI=1S/C23H26F2/c1-2-3-4-5-17-6-8-18(9-7-17)19-10-12-20(13-11-19)21-14-15-22(24)23(25)16-21/h4-5,10-18H,2-3,6-9H2,1H3/b5-4+. The quantitative estimate of drug-likeness (QED) is 0.502. The molecule has 0 heterocycles. The van der Waals surface area contributed by atoms with Crippen molar-refractivity contribution in [3.05, 3.63) is 71.8 Å². The summed E-state index contributed by atoms with van der Waals surface area (Å²) in [5.74, 6) is -0.236. The molecule has 3 rings (SSSR count). The molecule has 1 fully saturated rings. The lowest BCUT2D eigenvalue weighted by Gasteiger charge is -2.27. The third kappa shape index (κ3) is 4.56. The third-order valence-electron chi connectivity index (χ3n) is 5.27. The summed E-state index contributed by atoms with van der Waals surface area (Å²) in [6, 6.07) is 12.4. The van der Waals surface area contributed by atoms with Crippen molar-refractivity contribution >= 4 is 0 Å². The normalized spacial score (nSPS) is 20.9. The molecule has 0 radical (unpaired) electrons. The zero-order valence-corrected chi connectivity index (χ0v) is 14.8. The zero-order valence-electron chi connectivity index (χ0n) is 14.8. The fourth-order valence-corrected chi connectivity index (χ4v) is 3.72. The van der Waals surface area contributed by atoms with Gasteiger partial charge in [-0.15, -0.1) is 0 Å². The molecule has 0 amide bonds. The van der Waals surface area contributed by atoms with Crippen LogP contribution in [-0.2, 0) is 0 Å². The van der Waals surface area contributed by atoms with E-state index in [1.165, 1.54) is 56.2 Å². The lowest BCUT2D eigenvalue weighted by molar-refractivity contribution is 0.375. The van der Waals surface area contributed by atoms with E-state index in [0.717, 1.165) is 17.0 Å². The van der Waals surface area contributed by atoms with Crippen LogP contribution < -0.4 is 0 Å². The summed E-state index contributed by atoms with van der Waals surface area (Å²) in [7, 11) is 0. The van der Waals surface area contributed by atoms with E-state index in [2.05, 4.69) is 31.2 Å². The number of hydrogen-bond donors (Lipinski definition) is 0. The van der Waals surface area contributed by atoms with Gasteiger partial charge in [0.1, 0.15) is 0 Å². The van der Waals surface area contributed by atoms with Crippen molar-refractivity contribution in [2.75, 3.05) is 0 Å². The fraction of sp³-hybridized carbons (Fsp3) is 0.391. The molecule has 25 heavy (non-hydrogen) atoms. The van der Waals surface area contributed by atoms with Gasteiger partial charge in [0.2, 0.25) is 0 Å². The summed E-state index contributed by atoms with van der Waals surface area (Å²) in [4.78, 5) is 0. The Morgan fingerprint density at radius 3 is 2.20 bits per heavy atom. The van der Waals surface area contributed by atoms with Crippen LogP contribution in [0.3, 0.4) is 0 Å². The maximum Gasteiger partial charge on any atom is 0.159 e. The Balaban J connectivity index is 1.62. The summed E-state index contributed by atoms with van der Waals surface area (Å²) in [6.07, 6.45) is 12.1. The molecule has 0 nitrogen and oxygen atoms in total. The fourth-order valence-electron chi connectivity index (χ4n) is 3.72. The first-order chi connectivity index (χ1) is 12.2. The highest BCUT2D eigenvalue weighted by Gasteiger charge is 2.20. The molecular formula is C23H26F2. The Kier molecular flexibility index (Phi) is 6.01. The largest absolute Gasteiger partial charge is 0.204 e. The Hall–Kier alpha value is -1.96. The lowest BCUT2D eigenvalue weighted by Crippen LogP contribution is -2.11. The van der Waals surface area contributed by atoms with Crippen LogP contribution in [0, 0.1) is 17.6 Å². The lowest BCUT2D eigenvalue weighted by atomic mass is 9.78. The van der Waals surface area contributed by atoms with E-state index in [0.29, 0.717) is 5.92 Å². The van der Waals surface area contributed by atoms with Crippen molar-refractivity contribution in [1.29, 1.82) is 0 Å². The Bertz CT molecular complexity index is 707. The molecule has 0 aliphatic heterocycles. The Morgan fingerprint density at radius 1 is 0.880 bits per heavy atom. The molecule has 1 aliphatic carbocycles. The number of allylic oxidation sites excluding steroid dienone is 2. The first kappa shape index (κ1) is 17.8. The highest BCUT2D eigenvalue weighted by atomic mass is 19.2. The molecule has 0 spiro atoms. The second-order valence-electron chi connectivity index (χ2n) is 7.08. The molecule has 0 aromatic heterocycles. The molecule has 0 saturated heterocycles. The van der Waals surface area contributed by atoms with E-state index >= 15 is 0 Å². The van der Waals surface area contributed by atoms with Gasteiger partial charge >= 0.3 is 0 Å². The molecule has 2 aromatic carbocycles. The van der Waals surface area contributed by atoms with Crippen LogP contribution in [0.25, 0.3) is 11.1 Å². The van der Waals surface area contributed by atoms with E-state index < -0.39 is 11.6 Å². The molecule has 132 valence electrons. The van der Waals surface area contributed by atoms with E-state index in [1.54, 1.807) is 6.07 Å². The van der Waals surface area contributed by atoms with Gasteiger partial charge in [-0.25, -0.2) is 8.78 Å². The molecule has 0 atom stereocenters.